The molecule has 0 amide bonds. The van der Waals surface area contributed by atoms with Crippen LogP contribution < -0.4 is 10.5 Å². The van der Waals surface area contributed by atoms with Gasteiger partial charge in [-0.2, -0.15) is 0 Å². The van der Waals surface area contributed by atoms with E-state index in [9.17, 15) is 14.9 Å². The van der Waals surface area contributed by atoms with Crippen molar-refractivity contribution in [2.75, 3.05) is 6.61 Å². The second kappa shape index (κ2) is 9.16. The lowest BCUT2D eigenvalue weighted by Crippen LogP contribution is -2.19. The molecule has 0 bridgehead atoms. The Morgan fingerprint density at radius 3 is 2.58 bits per heavy atom. The Morgan fingerprint density at radius 1 is 1.27 bits per heavy atom. The third kappa shape index (κ3) is 6.01. The maximum Gasteiger partial charge on any atom is 0.372 e. The van der Waals surface area contributed by atoms with E-state index in [1.165, 1.54) is 12.1 Å². The quantitative estimate of drug-likeness (QED) is 0.231. The molecule has 0 radical (unpaired) electrons. The minimum atomic E-state index is -0.738. The van der Waals surface area contributed by atoms with Crippen LogP contribution in [0.15, 0.2) is 52.1 Å². The minimum absolute atomic E-state index is 0.0267. The van der Waals surface area contributed by atoms with E-state index in [2.05, 4.69) is 25.9 Å². The molecule has 0 heterocycles. The number of non-ortho nitro benzene ring substituents is 1. The smallest absolute Gasteiger partial charge is 0.372 e. The monoisotopic (exact) mass is 441 g/mol. The van der Waals surface area contributed by atoms with Gasteiger partial charge in [-0.25, -0.2) is 4.79 Å². The van der Waals surface area contributed by atoms with Gasteiger partial charge in [0.1, 0.15) is 11.6 Å². The van der Waals surface area contributed by atoms with Crippen molar-refractivity contribution < 1.29 is 19.3 Å². The fraction of sp³-hybridized carbons (Fsp3) is 0.125. The number of ether oxygens (including phenoxy) is 1. The van der Waals surface area contributed by atoms with Crippen LogP contribution in [-0.4, -0.2) is 23.3 Å². The zero-order valence-electron chi connectivity index (χ0n) is 13.2. The van der Waals surface area contributed by atoms with Crippen molar-refractivity contribution >= 4 is 45.0 Å². The number of benzene rings is 2. The van der Waals surface area contributed by atoms with E-state index in [-0.39, 0.29) is 24.6 Å². The average Bonchev–Trinajstić information content (AvgIpc) is 2.59. The van der Waals surface area contributed by atoms with Crippen LogP contribution in [0, 0.1) is 10.1 Å². The summed E-state index contributed by atoms with van der Waals surface area (Å²) in [6.07, 6.45) is 0.175. The molecule has 0 aliphatic carbocycles. The number of hydrogen-bond donors (Lipinski definition) is 1. The summed E-state index contributed by atoms with van der Waals surface area (Å²) < 4.78 is 5.88. The van der Waals surface area contributed by atoms with Gasteiger partial charge in [-0.05, 0) is 39.7 Å². The largest absolute Gasteiger partial charge is 0.481 e. The van der Waals surface area contributed by atoms with Crippen molar-refractivity contribution in [3.8, 4) is 5.75 Å². The predicted octanol–water partition coefficient (Wildman–Crippen LogP) is 3.45. The van der Waals surface area contributed by atoms with Crippen molar-refractivity contribution in [2.45, 2.75) is 6.42 Å². The second-order valence-electron chi connectivity index (χ2n) is 5.01. The highest BCUT2D eigenvalue weighted by molar-refractivity contribution is 9.10. The average molecular weight is 443 g/mol. The van der Waals surface area contributed by atoms with Gasteiger partial charge >= 0.3 is 5.97 Å². The molecule has 26 heavy (non-hydrogen) atoms. The second-order valence-corrected chi connectivity index (χ2v) is 6.30. The Hall–Kier alpha value is -2.65. The SMILES string of the molecule is N/C(Cc1ccc([N+](=O)[O-])cc1)=N\OC(=O)COc1ccc(Cl)cc1Br. The van der Waals surface area contributed by atoms with Crippen LogP contribution in [0.4, 0.5) is 5.69 Å². The first-order valence-corrected chi connectivity index (χ1v) is 8.35. The van der Waals surface area contributed by atoms with E-state index in [4.69, 9.17) is 22.1 Å². The number of nitro groups is 1. The molecule has 136 valence electrons. The third-order valence-corrected chi connectivity index (χ3v) is 3.89. The van der Waals surface area contributed by atoms with Crippen LogP contribution >= 0.6 is 27.5 Å². The number of halogens is 2. The van der Waals surface area contributed by atoms with Gasteiger partial charge in [-0.1, -0.05) is 28.9 Å². The third-order valence-electron chi connectivity index (χ3n) is 3.04. The fourth-order valence-electron chi connectivity index (χ4n) is 1.84. The van der Waals surface area contributed by atoms with E-state index in [0.717, 1.165) is 0 Å². The molecule has 0 saturated carbocycles. The zero-order valence-corrected chi connectivity index (χ0v) is 15.6. The zero-order chi connectivity index (χ0) is 19.1. The number of hydrogen-bond acceptors (Lipinski definition) is 6. The molecule has 0 fully saturated rings. The number of carbonyl (C=O) groups is 1. The predicted molar refractivity (Wildman–Crippen MR) is 99.2 cm³/mol. The van der Waals surface area contributed by atoms with E-state index in [0.29, 0.717) is 20.8 Å². The Labute approximate surface area is 161 Å². The number of oxime groups is 1. The molecule has 0 spiro atoms. The highest BCUT2D eigenvalue weighted by atomic mass is 79.9. The van der Waals surface area contributed by atoms with Gasteiger partial charge in [-0.3, -0.25) is 10.1 Å². The summed E-state index contributed by atoms with van der Waals surface area (Å²) in [5.74, 6) is -0.271. The Balaban J connectivity index is 1.83. The van der Waals surface area contributed by atoms with Crippen LogP contribution in [0.25, 0.3) is 0 Å². The highest BCUT2D eigenvalue weighted by Gasteiger charge is 2.09. The first-order chi connectivity index (χ1) is 12.3. The fourth-order valence-corrected chi connectivity index (χ4v) is 2.64. The van der Waals surface area contributed by atoms with Crippen LogP contribution in [-0.2, 0) is 16.1 Å². The molecule has 0 saturated heterocycles. The normalized spacial score (nSPS) is 11.1. The van der Waals surface area contributed by atoms with Crippen LogP contribution in [0.5, 0.6) is 5.75 Å². The summed E-state index contributed by atoms with van der Waals surface area (Å²) in [5.41, 5.74) is 6.34. The Morgan fingerprint density at radius 2 is 1.96 bits per heavy atom. The first kappa shape index (κ1) is 19.7. The van der Waals surface area contributed by atoms with Crippen molar-refractivity contribution in [2.24, 2.45) is 10.9 Å². The lowest BCUT2D eigenvalue weighted by molar-refractivity contribution is -0.384. The molecule has 2 aromatic carbocycles. The Bertz CT molecular complexity index is 842. The number of rotatable bonds is 7. The van der Waals surface area contributed by atoms with E-state index in [1.54, 1.807) is 30.3 Å². The number of nitro benzene ring substituents is 1. The topological polar surface area (TPSA) is 117 Å². The molecule has 2 rings (SSSR count). The first-order valence-electron chi connectivity index (χ1n) is 7.18. The molecule has 2 aromatic rings. The molecule has 2 N–H and O–H groups in total. The Kier molecular flexibility index (Phi) is 6.93. The lowest BCUT2D eigenvalue weighted by atomic mass is 10.1. The molecule has 0 unspecified atom stereocenters. The molecule has 0 atom stereocenters. The van der Waals surface area contributed by atoms with Gasteiger partial charge in [0.2, 0.25) is 0 Å². The van der Waals surface area contributed by atoms with Crippen LogP contribution in [0.1, 0.15) is 5.56 Å². The summed E-state index contributed by atoms with van der Waals surface area (Å²) in [6, 6.07) is 10.6. The highest BCUT2D eigenvalue weighted by Crippen LogP contribution is 2.27. The summed E-state index contributed by atoms with van der Waals surface area (Å²) >= 11 is 9.07. The summed E-state index contributed by atoms with van der Waals surface area (Å²) in [4.78, 5) is 26.4. The molecule has 0 aromatic heterocycles. The van der Waals surface area contributed by atoms with Gasteiger partial charge < -0.3 is 15.3 Å². The van der Waals surface area contributed by atoms with Gasteiger partial charge in [0.15, 0.2) is 6.61 Å². The van der Waals surface area contributed by atoms with Crippen molar-refractivity contribution in [1.82, 2.24) is 0 Å². The van der Waals surface area contributed by atoms with E-state index in [1.807, 2.05) is 0 Å². The molecule has 10 heteroatoms. The molecular formula is C16H13BrClN3O5. The van der Waals surface area contributed by atoms with Crippen molar-refractivity contribution in [3.63, 3.8) is 0 Å². The summed E-state index contributed by atoms with van der Waals surface area (Å²) in [6.45, 7) is -0.367. The van der Waals surface area contributed by atoms with Crippen LogP contribution in [0.3, 0.4) is 0 Å². The van der Waals surface area contributed by atoms with E-state index < -0.39 is 10.9 Å². The van der Waals surface area contributed by atoms with Gasteiger partial charge in [0.25, 0.3) is 5.69 Å². The standard InChI is InChI=1S/C16H13BrClN3O5/c17-13-8-11(18)3-6-14(13)25-9-16(22)26-20-15(19)7-10-1-4-12(5-2-10)21(23)24/h1-6,8H,7,9H2,(H2,19,20). The van der Waals surface area contributed by atoms with Crippen molar-refractivity contribution in [3.05, 3.63) is 67.6 Å². The summed E-state index contributed by atoms with van der Waals surface area (Å²) in [5, 5.41) is 14.6. The van der Waals surface area contributed by atoms with Gasteiger partial charge in [0.05, 0.1) is 9.40 Å². The van der Waals surface area contributed by atoms with Crippen molar-refractivity contribution in [1.29, 1.82) is 0 Å². The van der Waals surface area contributed by atoms with Crippen LogP contribution in [0.2, 0.25) is 5.02 Å². The van der Waals surface area contributed by atoms with Gasteiger partial charge in [0, 0.05) is 23.6 Å². The van der Waals surface area contributed by atoms with Gasteiger partial charge in [-0.15, -0.1) is 0 Å². The lowest BCUT2D eigenvalue weighted by Gasteiger charge is -2.07. The number of amidine groups is 1. The molecule has 0 aliphatic rings. The molecule has 8 nitrogen and oxygen atoms in total. The number of nitrogens with zero attached hydrogens (tertiary/aromatic N) is 2. The van der Waals surface area contributed by atoms with E-state index >= 15 is 0 Å². The molecule has 0 aliphatic heterocycles. The maximum atomic E-state index is 11.6. The minimum Gasteiger partial charge on any atom is -0.481 e. The number of nitrogens with two attached hydrogens (primary N) is 1. The number of carbonyl (C=O) groups excluding carboxylic acids is 1. The summed E-state index contributed by atoms with van der Waals surface area (Å²) in [7, 11) is 0. The molecular weight excluding hydrogens is 430 g/mol. The maximum absolute atomic E-state index is 11.6.